The first kappa shape index (κ1) is 15.3. The molecule has 0 fully saturated rings. The Labute approximate surface area is 125 Å². The van der Waals surface area contributed by atoms with Crippen molar-refractivity contribution in [2.24, 2.45) is 0 Å². The Balaban J connectivity index is 2.08. The van der Waals surface area contributed by atoms with Gasteiger partial charge in [0.25, 0.3) is 0 Å². The highest BCUT2D eigenvalue weighted by Gasteiger charge is 2.14. The van der Waals surface area contributed by atoms with E-state index < -0.39 is 0 Å². The summed E-state index contributed by atoms with van der Waals surface area (Å²) in [6.45, 7) is 2.15. The number of rotatable bonds is 6. The summed E-state index contributed by atoms with van der Waals surface area (Å²) in [6.07, 6.45) is 0.861. The first-order valence-corrected chi connectivity index (χ1v) is 7.22. The highest BCUT2D eigenvalue weighted by Crippen LogP contribution is 2.18. The minimum absolute atomic E-state index is 0.0352. The van der Waals surface area contributed by atoms with Crippen LogP contribution in [-0.4, -0.2) is 24.2 Å². The molecule has 2 rings (SSSR count). The fraction of sp³-hybridized carbons (Fsp3) is 0.278. The van der Waals surface area contributed by atoms with Gasteiger partial charge in [0.2, 0.25) is 5.91 Å². The first-order chi connectivity index (χ1) is 10.2. The van der Waals surface area contributed by atoms with Gasteiger partial charge in [0, 0.05) is 6.54 Å². The molecule has 0 aliphatic heterocycles. The van der Waals surface area contributed by atoms with Gasteiger partial charge in [0.1, 0.15) is 0 Å². The van der Waals surface area contributed by atoms with Crippen LogP contribution in [0, 0.1) is 0 Å². The van der Waals surface area contributed by atoms with E-state index in [1.54, 1.807) is 0 Å². The van der Waals surface area contributed by atoms with Gasteiger partial charge < -0.3 is 10.4 Å². The number of hydrogen-bond donors (Lipinski definition) is 2. The maximum Gasteiger partial charge on any atom is 0.227 e. The Morgan fingerprint density at radius 2 is 1.81 bits per heavy atom. The molecule has 0 bridgehead atoms. The molecule has 0 aromatic heterocycles. The Hall–Kier alpha value is -2.13. The number of hydrogen-bond acceptors (Lipinski definition) is 2. The third kappa shape index (κ3) is 4.43. The van der Waals surface area contributed by atoms with Crippen LogP contribution >= 0.6 is 0 Å². The van der Waals surface area contributed by atoms with E-state index in [0.29, 0.717) is 6.54 Å². The largest absolute Gasteiger partial charge is 0.395 e. The van der Waals surface area contributed by atoms with Crippen molar-refractivity contribution < 1.29 is 9.90 Å². The second kappa shape index (κ2) is 7.60. The molecule has 1 amide bonds. The van der Waals surface area contributed by atoms with Crippen LogP contribution in [-0.2, 0) is 11.2 Å². The molecule has 0 radical (unpaired) electrons. The molecule has 21 heavy (non-hydrogen) atoms. The fourth-order valence-electron chi connectivity index (χ4n) is 2.29. The molecule has 1 atom stereocenters. The predicted molar refractivity (Wildman–Crippen MR) is 84.2 cm³/mol. The van der Waals surface area contributed by atoms with Crippen LogP contribution in [0.15, 0.2) is 54.6 Å². The maximum atomic E-state index is 11.9. The quantitative estimate of drug-likeness (QED) is 0.855. The number of carbonyl (C=O) groups is 1. The molecule has 1 unspecified atom stereocenters. The summed E-state index contributed by atoms with van der Waals surface area (Å²) in [6, 6.07) is 18.4. The molecule has 0 aliphatic rings. The van der Waals surface area contributed by atoms with Crippen molar-refractivity contribution in [3.8, 4) is 0 Å². The second-order valence-electron chi connectivity index (χ2n) is 5.14. The lowest BCUT2D eigenvalue weighted by Gasteiger charge is -2.13. The van der Waals surface area contributed by atoms with E-state index in [2.05, 4.69) is 29.6 Å². The van der Waals surface area contributed by atoms with Gasteiger partial charge in [-0.05, 0) is 30.0 Å². The molecule has 0 saturated heterocycles. The number of amides is 1. The molecular weight excluding hydrogens is 262 g/mol. The molecule has 2 N–H and O–H groups in total. The minimum atomic E-state index is -0.215. The van der Waals surface area contributed by atoms with Crippen molar-refractivity contribution in [3.05, 3.63) is 71.3 Å². The van der Waals surface area contributed by atoms with Crippen LogP contribution < -0.4 is 5.32 Å². The van der Waals surface area contributed by atoms with E-state index in [1.807, 2.05) is 37.3 Å². The van der Waals surface area contributed by atoms with Crippen LogP contribution in [0.3, 0.4) is 0 Å². The minimum Gasteiger partial charge on any atom is -0.395 e. The highest BCUT2D eigenvalue weighted by atomic mass is 16.3. The summed E-state index contributed by atoms with van der Waals surface area (Å²) >= 11 is 0. The average Bonchev–Trinajstić information content (AvgIpc) is 2.53. The maximum absolute atomic E-state index is 11.9. The number of carbonyl (C=O) groups excluding carboxylic acids is 1. The van der Waals surface area contributed by atoms with Crippen LogP contribution in [0.2, 0.25) is 0 Å². The Morgan fingerprint density at radius 1 is 1.10 bits per heavy atom. The standard InChI is InChI=1S/C18H21NO2/c1-14(18(21)19-10-11-20)17-9-5-8-16(13-17)12-15-6-3-2-4-7-15/h2-9,13-14,20H,10-12H2,1H3,(H,19,21). The van der Waals surface area contributed by atoms with E-state index in [0.717, 1.165) is 12.0 Å². The third-order valence-electron chi connectivity index (χ3n) is 3.51. The smallest absolute Gasteiger partial charge is 0.227 e. The Bertz CT molecular complexity index is 581. The van der Waals surface area contributed by atoms with Crippen molar-refractivity contribution in [2.45, 2.75) is 19.3 Å². The summed E-state index contributed by atoms with van der Waals surface area (Å²) < 4.78 is 0. The van der Waals surface area contributed by atoms with E-state index >= 15 is 0 Å². The zero-order valence-corrected chi connectivity index (χ0v) is 12.3. The van der Waals surface area contributed by atoms with Gasteiger partial charge in [-0.2, -0.15) is 0 Å². The van der Waals surface area contributed by atoms with Crippen LogP contribution in [0.25, 0.3) is 0 Å². The van der Waals surface area contributed by atoms with Gasteiger partial charge in [-0.1, -0.05) is 54.6 Å². The van der Waals surface area contributed by atoms with Crippen molar-refractivity contribution in [1.29, 1.82) is 0 Å². The van der Waals surface area contributed by atoms with Crippen LogP contribution in [0.1, 0.15) is 29.5 Å². The molecular formula is C18H21NO2. The van der Waals surface area contributed by atoms with E-state index in [1.165, 1.54) is 11.1 Å². The lowest BCUT2D eigenvalue weighted by molar-refractivity contribution is -0.122. The van der Waals surface area contributed by atoms with Gasteiger partial charge in [0.15, 0.2) is 0 Å². The summed E-state index contributed by atoms with van der Waals surface area (Å²) in [7, 11) is 0. The molecule has 3 nitrogen and oxygen atoms in total. The van der Waals surface area contributed by atoms with E-state index in [-0.39, 0.29) is 18.4 Å². The fourth-order valence-corrected chi connectivity index (χ4v) is 2.29. The lowest BCUT2D eigenvalue weighted by Crippen LogP contribution is -2.30. The topological polar surface area (TPSA) is 49.3 Å². The third-order valence-corrected chi connectivity index (χ3v) is 3.51. The Kier molecular flexibility index (Phi) is 5.52. The monoisotopic (exact) mass is 283 g/mol. The van der Waals surface area contributed by atoms with E-state index in [4.69, 9.17) is 5.11 Å². The van der Waals surface area contributed by atoms with Gasteiger partial charge in [-0.15, -0.1) is 0 Å². The van der Waals surface area contributed by atoms with Gasteiger partial charge in [0.05, 0.1) is 12.5 Å². The Morgan fingerprint density at radius 3 is 2.52 bits per heavy atom. The van der Waals surface area contributed by atoms with E-state index in [9.17, 15) is 4.79 Å². The number of aliphatic hydroxyl groups excluding tert-OH is 1. The van der Waals surface area contributed by atoms with Crippen LogP contribution in [0.4, 0.5) is 0 Å². The molecule has 0 heterocycles. The zero-order valence-electron chi connectivity index (χ0n) is 12.3. The SMILES string of the molecule is CC(C(=O)NCCO)c1cccc(Cc2ccccc2)c1. The molecule has 0 saturated carbocycles. The summed E-state index contributed by atoms with van der Waals surface area (Å²) in [5.41, 5.74) is 3.45. The average molecular weight is 283 g/mol. The molecule has 110 valence electrons. The summed E-state index contributed by atoms with van der Waals surface area (Å²) in [5.74, 6) is -0.270. The highest BCUT2D eigenvalue weighted by molar-refractivity contribution is 5.83. The van der Waals surface area contributed by atoms with Crippen LogP contribution in [0.5, 0.6) is 0 Å². The van der Waals surface area contributed by atoms with Gasteiger partial charge in [-0.3, -0.25) is 4.79 Å². The van der Waals surface area contributed by atoms with Crippen molar-refractivity contribution in [2.75, 3.05) is 13.2 Å². The van der Waals surface area contributed by atoms with Crippen molar-refractivity contribution in [1.82, 2.24) is 5.32 Å². The number of benzene rings is 2. The zero-order chi connectivity index (χ0) is 15.1. The number of nitrogens with one attached hydrogen (secondary N) is 1. The predicted octanol–water partition coefficient (Wildman–Crippen LogP) is 2.49. The lowest BCUT2D eigenvalue weighted by atomic mass is 9.96. The normalized spacial score (nSPS) is 11.9. The van der Waals surface area contributed by atoms with Crippen molar-refractivity contribution >= 4 is 5.91 Å². The molecule has 2 aromatic rings. The second-order valence-corrected chi connectivity index (χ2v) is 5.14. The molecule has 0 aliphatic carbocycles. The molecule has 3 heteroatoms. The van der Waals surface area contributed by atoms with Crippen molar-refractivity contribution in [3.63, 3.8) is 0 Å². The summed E-state index contributed by atoms with van der Waals surface area (Å²) in [4.78, 5) is 11.9. The first-order valence-electron chi connectivity index (χ1n) is 7.22. The molecule has 0 spiro atoms. The molecule has 2 aromatic carbocycles. The van der Waals surface area contributed by atoms with Gasteiger partial charge in [-0.25, -0.2) is 0 Å². The number of aliphatic hydroxyl groups is 1. The summed E-state index contributed by atoms with van der Waals surface area (Å²) in [5, 5.41) is 11.5. The van der Waals surface area contributed by atoms with Gasteiger partial charge >= 0.3 is 0 Å².